The van der Waals surface area contributed by atoms with Crippen LogP contribution in [0.25, 0.3) is 11.2 Å². The van der Waals surface area contributed by atoms with Gasteiger partial charge >= 0.3 is 0 Å². The third-order valence-corrected chi connectivity index (χ3v) is 4.15. The van der Waals surface area contributed by atoms with Crippen LogP contribution in [-0.2, 0) is 4.74 Å². The summed E-state index contributed by atoms with van der Waals surface area (Å²) in [5.74, 6) is -3.92. The molecular weight excluding hydrogens is 355 g/mol. The van der Waals surface area contributed by atoms with Crippen LogP contribution in [0.3, 0.4) is 0 Å². The summed E-state index contributed by atoms with van der Waals surface area (Å²) >= 11 is 5.11. The van der Waals surface area contributed by atoms with E-state index in [1.807, 2.05) is 0 Å². The zero-order valence-electron chi connectivity index (χ0n) is 12.7. The first-order valence-electron chi connectivity index (χ1n) is 7.53. The summed E-state index contributed by atoms with van der Waals surface area (Å²) in [6, 6.07) is 1.92. The molecule has 1 aliphatic heterocycles. The number of H-pyrrole nitrogens is 1. The van der Waals surface area contributed by atoms with Crippen molar-refractivity contribution in [3.8, 4) is 0 Å². The SMILES string of the molecule is Fc1ccc(Nc2[nH]c(=S)nc3c2ncn3C2CCCO2)c(F)c1F. The number of rotatable bonds is 3. The lowest BCUT2D eigenvalue weighted by Gasteiger charge is -2.12. The van der Waals surface area contributed by atoms with E-state index >= 15 is 0 Å². The van der Waals surface area contributed by atoms with Gasteiger partial charge in [-0.3, -0.25) is 4.57 Å². The number of aromatic nitrogens is 4. The number of imidazole rings is 1. The van der Waals surface area contributed by atoms with E-state index in [9.17, 15) is 13.2 Å². The van der Waals surface area contributed by atoms with Gasteiger partial charge in [-0.1, -0.05) is 0 Å². The molecule has 1 aromatic carbocycles. The molecule has 10 heteroatoms. The van der Waals surface area contributed by atoms with Crippen molar-refractivity contribution in [2.24, 2.45) is 0 Å². The van der Waals surface area contributed by atoms with Gasteiger partial charge < -0.3 is 15.0 Å². The van der Waals surface area contributed by atoms with Gasteiger partial charge in [0.2, 0.25) is 0 Å². The van der Waals surface area contributed by atoms with Gasteiger partial charge in [-0.05, 0) is 37.2 Å². The van der Waals surface area contributed by atoms with Crippen LogP contribution in [0.2, 0.25) is 0 Å². The molecule has 2 aromatic heterocycles. The molecular formula is C15H12F3N5OS. The third kappa shape index (κ3) is 2.76. The van der Waals surface area contributed by atoms with E-state index in [0.29, 0.717) is 17.8 Å². The number of hydrogen-bond donors (Lipinski definition) is 2. The Morgan fingerprint density at radius 1 is 1.28 bits per heavy atom. The predicted octanol–water partition coefficient (Wildman–Crippen LogP) is 3.96. The Bertz CT molecular complexity index is 1010. The van der Waals surface area contributed by atoms with Crippen molar-refractivity contribution in [3.05, 3.63) is 40.7 Å². The molecule has 0 aliphatic carbocycles. The molecule has 1 unspecified atom stereocenters. The molecule has 3 heterocycles. The van der Waals surface area contributed by atoms with Crippen molar-refractivity contribution in [2.45, 2.75) is 19.1 Å². The Labute approximate surface area is 144 Å². The van der Waals surface area contributed by atoms with Crippen LogP contribution < -0.4 is 5.32 Å². The predicted molar refractivity (Wildman–Crippen MR) is 86.5 cm³/mol. The Balaban J connectivity index is 1.80. The molecule has 4 rings (SSSR count). The highest BCUT2D eigenvalue weighted by molar-refractivity contribution is 7.71. The maximum atomic E-state index is 13.9. The van der Waals surface area contributed by atoms with Crippen LogP contribution in [0.1, 0.15) is 19.1 Å². The highest BCUT2D eigenvalue weighted by Gasteiger charge is 2.22. The summed E-state index contributed by atoms with van der Waals surface area (Å²) in [6.45, 7) is 0.648. The molecule has 2 N–H and O–H groups in total. The highest BCUT2D eigenvalue weighted by Crippen LogP contribution is 2.30. The summed E-state index contributed by atoms with van der Waals surface area (Å²) in [6.07, 6.45) is 3.11. The van der Waals surface area contributed by atoms with Gasteiger partial charge in [0.15, 0.2) is 27.9 Å². The first kappa shape index (κ1) is 16.0. The van der Waals surface area contributed by atoms with Crippen LogP contribution in [0.5, 0.6) is 0 Å². The first-order chi connectivity index (χ1) is 12.0. The minimum Gasteiger partial charge on any atom is -0.358 e. The maximum absolute atomic E-state index is 13.9. The molecule has 0 bridgehead atoms. The van der Waals surface area contributed by atoms with Crippen molar-refractivity contribution in [3.63, 3.8) is 0 Å². The average molecular weight is 367 g/mol. The Kier molecular flexibility index (Phi) is 3.92. The van der Waals surface area contributed by atoms with Gasteiger partial charge in [0.1, 0.15) is 17.6 Å². The quantitative estimate of drug-likeness (QED) is 0.542. The standard InChI is InChI=1S/C15H12F3N5OS/c16-7-3-4-8(11(18)10(7)17)20-13-12-14(22-15(25)21-13)23(6-19-12)9-2-1-5-24-9/h3-4,6,9H,1-2,5H2,(H2,20,21,22,25). The van der Waals surface area contributed by atoms with E-state index in [1.165, 1.54) is 0 Å². The van der Waals surface area contributed by atoms with Crippen LogP contribution in [0.15, 0.2) is 18.5 Å². The molecule has 130 valence electrons. The fourth-order valence-electron chi connectivity index (χ4n) is 2.77. The van der Waals surface area contributed by atoms with E-state index < -0.39 is 17.5 Å². The normalized spacial score (nSPS) is 17.3. The van der Waals surface area contributed by atoms with Gasteiger partial charge in [-0.25, -0.2) is 18.2 Å². The summed E-state index contributed by atoms with van der Waals surface area (Å²) in [5, 5.41) is 2.67. The summed E-state index contributed by atoms with van der Waals surface area (Å²) in [4.78, 5) is 11.3. The lowest BCUT2D eigenvalue weighted by molar-refractivity contribution is 0.0593. The smallest absolute Gasteiger partial charge is 0.200 e. The van der Waals surface area contributed by atoms with E-state index in [2.05, 4.69) is 20.3 Å². The number of nitrogens with one attached hydrogen (secondary N) is 2. The second kappa shape index (κ2) is 6.12. The molecule has 6 nitrogen and oxygen atoms in total. The number of hydrogen-bond acceptors (Lipinski definition) is 5. The molecule has 1 aliphatic rings. The average Bonchev–Trinajstić information content (AvgIpc) is 3.24. The summed E-state index contributed by atoms with van der Waals surface area (Å²) < 4.78 is 47.9. The lowest BCUT2D eigenvalue weighted by Crippen LogP contribution is -2.07. The second-order valence-electron chi connectivity index (χ2n) is 5.56. The van der Waals surface area contributed by atoms with Gasteiger partial charge in [-0.15, -0.1) is 0 Å². The van der Waals surface area contributed by atoms with Gasteiger partial charge in [0, 0.05) is 6.61 Å². The third-order valence-electron chi connectivity index (χ3n) is 3.95. The van der Waals surface area contributed by atoms with E-state index in [1.54, 1.807) is 10.9 Å². The molecule has 0 spiro atoms. The van der Waals surface area contributed by atoms with Crippen LogP contribution in [-0.4, -0.2) is 26.1 Å². The monoisotopic (exact) mass is 367 g/mol. The number of halogens is 3. The van der Waals surface area contributed by atoms with Crippen molar-refractivity contribution < 1.29 is 17.9 Å². The minimum absolute atomic E-state index is 0.137. The number of anilines is 2. The van der Waals surface area contributed by atoms with Crippen molar-refractivity contribution in [2.75, 3.05) is 11.9 Å². The summed E-state index contributed by atoms with van der Waals surface area (Å²) in [7, 11) is 0. The topological polar surface area (TPSA) is 67.8 Å². The van der Waals surface area contributed by atoms with E-state index in [-0.39, 0.29) is 22.5 Å². The molecule has 0 radical (unpaired) electrons. The Morgan fingerprint density at radius 3 is 2.88 bits per heavy atom. The Morgan fingerprint density at radius 2 is 2.12 bits per heavy atom. The largest absolute Gasteiger partial charge is 0.358 e. The molecule has 1 saturated heterocycles. The number of benzene rings is 1. The molecule has 1 fully saturated rings. The zero-order valence-corrected chi connectivity index (χ0v) is 13.5. The molecule has 0 saturated carbocycles. The highest BCUT2D eigenvalue weighted by atomic mass is 32.1. The van der Waals surface area contributed by atoms with Gasteiger partial charge in [-0.2, -0.15) is 4.98 Å². The minimum atomic E-state index is -1.56. The number of aromatic amines is 1. The number of fused-ring (bicyclic) bond motifs is 1. The fraction of sp³-hybridized carbons (Fsp3) is 0.267. The van der Waals surface area contributed by atoms with Crippen LogP contribution in [0, 0.1) is 22.2 Å². The van der Waals surface area contributed by atoms with Crippen LogP contribution >= 0.6 is 12.2 Å². The fourth-order valence-corrected chi connectivity index (χ4v) is 2.96. The molecule has 3 aromatic rings. The molecule has 1 atom stereocenters. The number of ether oxygens (including phenoxy) is 1. The van der Waals surface area contributed by atoms with E-state index in [4.69, 9.17) is 17.0 Å². The molecule has 0 amide bonds. The van der Waals surface area contributed by atoms with Crippen LogP contribution in [0.4, 0.5) is 24.7 Å². The van der Waals surface area contributed by atoms with E-state index in [0.717, 1.165) is 25.0 Å². The van der Waals surface area contributed by atoms with Crippen molar-refractivity contribution in [1.29, 1.82) is 0 Å². The second-order valence-corrected chi connectivity index (χ2v) is 5.94. The number of nitrogens with zero attached hydrogens (tertiary/aromatic N) is 3. The first-order valence-corrected chi connectivity index (χ1v) is 7.94. The van der Waals surface area contributed by atoms with Gasteiger partial charge in [0.05, 0.1) is 12.0 Å². The maximum Gasteiger partial charge on any atom is 0.200 e. The van der Waals surface area contributed by atoms with Gasteiger partial charge in [0.25, 0.3) is 0 Å². The molecule has 25 heavy (non-hydrogen) atoms. The Hall–Kier alpha value is -2.46. The zero-order chi connectivity index (χ0) is 17.6. The van der Waals surface area contributed by atoms with Crippen molar-refractivity contribution >= 4 is 34.9 Å². The lowest BCUT2D eigenvalue weighted by atomic mass is 10.2. The summed E-state index contributed by atoms with van der Waals surface area (Å²) in [5.41, 5.74) is 0.595. The van der Waals surface area contributed by atoms with Crippen molar-refractivity contribution in [1.82, 2.24) is 19.5 Å².